The van der Waals surface area contributed by atoms with Crippen LogP contribution in [0.1, 0.15) is 29.8 Å². The molecule has 1 aromatic carbocycles. The van der Waals surface area contributed by atoms with E-state index in [0.717, 1.165) is 10.0 Å². The molecule has 1 rings (SSSR count). The maximum atomic E-state index is 12.0. The van der Waals surface area contributed by atoms with Gasteiger partial charge in [-0.25, -0.2) is 0 Å². The van der Waals surface area contributed by atoms with Crippen LogP contribution >= 0.6 is 15.9 Å². The minimum atomic E-state index is -0.207. The number of hydrogen-bond acceptors (Lipinski definition) is 2. The lowest BCUT2D eigenvalue weighted by Gasteiger charge is -2.20. The van der Waals surface area contributed by atoms with E-state index in [4.69, 9.17) is 0 Å². The molecule has 0 aromatic heterocycles. The van der Waals surface area contributed by atoms with Crippen LogP contribution in [0.15, 0.2) is 22.7 Å². The highest BCUT2D eigenvalue weighted by Crippen LogP contribution is 2.15. The molecule has 94 valence electrons. The summed E-state index contributed by atoms with van der Waals surface area (Å²) in [5.41, 5.74) is 1.63. The lowest BCUT2D eigenvalue weighted by Crippen LogP contribution is -2.41. The highest BCUT2D eigenvalue weighted by atomic mass is 79.9. The number of carbonyl (C=O) groups is 1. The van der Waals surface area contributed by atoms with Crippen LogP contribution in [0.2, 0.25) is 0 Å². The molecule has 0 spiro atoms. The fourth-order valence-electron chi connectivity index (χ4n) is 1.54. The SMILES string of the molecule is Cc1cc(Br)cc(C(=O)NC(CO)C(C)C)c1. The Balaban J connectivity index is 2.82. The van der Waals surface area contributed by atoms with Gasteiger partial charge in [-0.2, -0.15) is 0 Å². The number of hydrogen-bond donors (Lipinski definition) is 2. The first-order valence-corrected chi connectivity index (χ1v) is 6.42. The maximum absolute atomic E-state index is 12.0. The van der Waals surface area contributed by atoms with E-state index in [2.05, 4.69) is 21.2 Å². The van der Waals surface area contributed by atoms with E-state index in [1.54, 1.807) is 6.07 Å². The minimum absolute atomic E-state index is 0.0452. The van der Waals surface area contributed by atoms with Crippen molar-refractivity contribution in [3.63, 3.8) is 0 Å². The third kappa shape index (κ3) is 4.13. The maximum Gasteiger partial charge on any atom is 0.251 e. The van der Waals surface area contributed by atoms with E-state index in [1.165, 1.54) is 0 Å². The summed E-state index contributed by atoms with van der Waals surface area (Å²) in [6, 6.07) is 5.34. The number of aryl methyl sites for hydroxylation is 1. The van der Waals surface area contributed by atoms with Crippen molar-refractivity contribution in [1.29, 1.82) is 0 Å². The molecule has 17 heavy (non-hydrogen) atoms. The van der Waals surface area contributed by atoms with Crippen LogP contribution in [0, 0.1) is 12.8 Å². The van der Waals surface area contributed by atoms with Gasteiger partial charge in [-0.15, -0.1) is 0 Å². The zero-order chi connectivity index (χ0) is 13.0. The molecule has 0 aliphatic carbocycles. The van der Waals surface area contributed by atoms with E-state index in [9.17, 15) is 9.90 Å². The van der Waals surface area contributed by atoms with E-state index in [0.29, 0.717) is 5.56 Å². The summed E-state index contributed by atoms with van der Waals surface area (Å²) in [4.78, 5) is 12.0. The third-order valence-electron chi connectivity index (χ3n) is 2.62. The van der Waals surface area contributed by atoms with Gasteiger partial charge in [0, 0.05) is 10.0 Å². The molecule has 0 aliphatic rings. The van der Waals surface area contributed by atoms with E-state index in [-0.39, 0.29) is 24.5 Å². The molecule has 1 aromatic rings. The Bertz CT molecular complexity index is 384. The second-order valence-corrected chi connectivity index (χ2v) is 5.44. The van der Waals surface area contributed by atoms with Crippen LogP contribution < -0.4 is 5.32 Å². The van der Waals surface area contributed by atoms with Gasteiger partial charge in [0.1, 0.15) is 0 Å². The number of carbonyl (C=O) groups excluding carboxylic acids is 1. The lowest BCUT2D eigenvalue weighted by molar-refractivity contribution is 0.0896. The van der Waals surface area contributed by atoms with Crippen molar-refractivity contribution in [2.24, 2.45) is 5.92 Å². The fourth-order valence-corrected chi connectivity index (χ4v) is 2.15. The first-order valence-electron chi connectivity index (χ1n) is 5.63. The van der Waals surface area contributed by atoms with Crippen molar-refractivity contribution < 1.29 is 9.90 Å². The number of aliphatic hydroxyl groups is 1. The molecule has 0 radical (unpaired) electrons. The zero-order valence-corrected chi connectivity index (χ0v) is 11.9. The van der Waals surface area contributed by atoms with Gasteiger partial charge in [0.05, 0.1) is 12.6 Å². The average Bonchev–Trinajstić information content (AvgIpc) is 2.23. The Kier molecular flexibility index (Phi) is 5.15. The molecule has 1 unspecified atom stereocenters. The van der Waals surface area contributed by atoms with Crippen LogP contribution in [-0.2, 0) is 0 Å². The van der Waals surface area contributed by atoms with E-state index < -0.39 is 0 Å². The quantitative estimate of drug-likeness (QED) is 0.897. The smallest absolute Gasteiger partial charge is 0.251 e. The highest BCUT2D eigenvalue weighted by Gasteiger charge is 2.16. The molecular formula is C13H18BrNO2. The largest absolute Gasteiger partial charge is 0.394 e. The molecule has 0 aliphatic heterocycles. The summed E-state index contributed by atoms with van der Waals surface area (Å²) < 4.78 is 0.882. The lowest BCUT2D eigenvalue weighted by atomic mass is 10.0. The van der Waals surface area contributed by atoms with Crippen LogP contribution in [0.3, 0.4) is 0 Å². The third-order valence-corrected chi connectivity index (χ3v) is 3.08. The topological polar surface area (TPSA) is 49.3 Å². The number of aliphatic hydroxyl groups excluding tert-OH is 1. The molecule has 3 nitrogen and oxygen atoms in total. The monoisotopic (exact) mass is 299 g/mol. The Morgan fingerprint density at radius 3 is 2.53 bits per heavy atom. The first-order chi connectivity index (χ1) is 7.93. The number of amides is 1. The second-order valence-electron chi connectivity index (χ2n) is 4.52. The molecule has 0 saturated heterocycles. The van der Waals surface area contributed by atoms with Gasteiger partial charge < -0.3 is 10.4 Å². The molecule has 2 N–H and O–H groups in total. The van der Waals surface area contributed by atoms with Gasteiger partial charge in [0.25, 0.3) is 5.91 Å². The molecule has 0 bridgehead atoms. The molecule has 0 saturated carbocycles. The van der Waals surface area contributed by atoms with Crippen molar-refractivity contribution >= 4 is 21.8 Å². The van der Waals surface area contributed by atoms with Gasteiger partial charge in [-0.1, -0.05) is 29.8 Å². The van der Waals surface area contributed by atoms with Crippen molar-refractivity contribution in [2.75, 3.05) is 6.61 Å². The summed E-state index contributed by atoms with van der Waals surface area (Å²) in [6.45, 7) is 5.82. The van der Waals surface area contributed by atoms with Crippen LogP contribution in [-0.4, -0.2) is 23.7 Å². The molecule has 0 fully saturated rings. The second kappa shape index (κ2) is 6.17. The Labute approximate surface area is 110 Å². The summed E-state index contributed by atoms with van der Waals surface area (Å²) in [5.74, 6) is 0.0550. The number of nitrogens with one attached hydrogen (secondary N) is 1. The normalized spacial score (nSPS) is 12.6. The van der Waals surface area contributed by atoms with E-state index in [1.807, 2.05) is 32.9 Å². The van der Waals surface area contributed by atoms with Crippen molar-refractivity contribution in [3.05, 3.63) is 33.8 Å². The molecule has 1 amide bonds. The Hall–Kier alpha value is -0.870. The van der Waals surface area contributed by atoms with E-state index >= 15 is 0 Å². The molecule has 4 heteroatoms. The Morgan fingerprint density at radius 1 is 1.41 bits per heavy atom. The van der Waals surface area contributed by atoms with Gasteiger partial charge in [0.15, 0.2) is 0 Å². The van der Waals surface area contributed by atoms with Gasteiger partial charge in [-0.05, 0) is 36.6 Å². The average molecular weight is 300 g/mol. The predicted molar refractivity (Wildman–Crippen MR) is 72.1 cm³/mol. The summed E-state index contributed by atoms with van der Waals surface area (Å²) >= 11 is 3.36. The summed E-state index contributed by atoms with van der Waals surface area (Å²) in [5, 5.41) is 12.0. The number of rotatable bonds is 4. The highest BCUT2D eigenvalue weighted by molar-refractivity contribution is 9.10. The van der Waals surface area contributed by atoms with Gasteiger partial charge in [-0.3, -0.25) is 4.79 Å². The van der Waals surface area contributed by atoms with Crippen LogP contribution in [0.5, 0.6) is 0 Å². The zero-order valence-electron chi connectivity index (χ0n) is 10.3. The van der Waals surface area contributed by atoms with Crippen molar-refractivity contribution in [1.82, 2.24) is 5.32 Å². The van der Waals surface area contributed by atoms with Gasteiger partial charge in [0.2, 0.25) is 0 Å². The molecule has 1 atom stereocenters. The minimum Gasteiger partial charge on any atom is -0.394 e. The summed E-state index contributed by atoms with van der Waals surface area (Å²) in [7, 11) is 0. The number of halogens is 1. The van der Waals surface area contributed by atoms with Gasteiger partial charge >= 0.3 is 0 Å². The van der Waals surface area contributed by atoms with Crippen LogP contribution in [0.25, 0.3) is 0 Å². The Morgan fingerprint density at radius 2 is 2.06 bits per heavy atom. The van der Waals surface area contributed by atoms with Crippen molar-refractivity contribution in [3.8, 4) is 0 Å². The molecular weight excluding hydrogens is 282 g/mol. The summed E-state index contributed by atoms with van der Waals surface area (Å²) in [6.07, 6.45) is 0. The molecule has 0 heterocycles. The predicted octanol–water partition coefficient (Wildman–Crippen LogP) is 2.50. The van der Waals surface area contributed by atoms with Crippen LogP contribution in [0.4, 0.5) is 0 Å². The number of benzene rings is 1. The fraction of sp³-hybridized carbons (Fsp3) is 0.462. The van der Waals surface area contributed by atoms with Crippen molar-refractivity contribution in [2.45, 2.75) is 26.8 Å². The standard InChI is InChI=1S/C13H18BrNO2/c1-8(2)12(7-16)15-13(17)10-4-9(3)5-11(14)6-10/h4-6,8,12,16H,7H2,1-3H3,(H,15,17). The first kappa shape index (κ1) is 14.2.